The van der Waals surface area contributed by atoms with Gasteiger partial charge in [0.1, 0.15) is 18.1 Å². The van der Waals surface area contributed by atoms with Crippen LogP contribution < -0.4 is 9.47 Å². The van der Waals surface area contributed by atoms with Crippen molar-refractivity contribution < 1.29 is 28.5 Å². The molecule has 0 unspecified atom stereocenters. The van der Waals surface area contributed by atoms with Crippen LogP contribution in [-0.4, -0.2) is 52.7 Å². The van der Waals surface area contributed by atoms with E-state index in [4.69, 9.17) is 23.7 Å². The average molecular weight is 326 g/mol. The van der Waals surface area contributed by atoms with Crippen molar-refractivity contribution in [2.24, 2.45) is 0 Å². The van der Waals surface area contributed by atoms with Crippen LogP contribution in [0.1, 0.15) is 19.8 Å². The van der Waals surface area contributed by atoms with Crippen LogP contribution in [0.3, 0.4) is 0 Å². The molecule has 130 valence electrons. The van der Waals surface area contributed by atoms with Crippen molar-refractivity contribution in [3.8, 4) is 11.5 Å². The van der Waals surface area contributed by atoms with Crippen LogP contribution in [0.25, 0.3) is 0 Å². The van der Waals surface area contributed by atoms with Crippen molar-refractivity contribution in [2.75, 3.05) is 46.8 Å². The highest BCUT2D eigenvalue weighted by atomic mass is 16.6. The van der Waals surface area contributed by atoms with Gasteiger partial charge in [-0.1, -0.05) is 13.3 Å². The maximum Gasteiger partial charge on any atom is 0.344 e. The number of hydrogen-bond donors (Lipinski definition) is 0. The standard InChI is InChI=1S/C17H26O6/c1-3-4-9-20-10-11-21-12-13-22-17(18)14-23-16-7-5-15(19-2)6-8-16/h5-8H,3-4,9-14H2,1-2H3. The Morgan fingerprint density at radius 1 is 0.913 bits per heavy atom. The van der Waals surface area contributed by atoms with Crippen molar-refractivity contribution in [1.82, 2.24) is 0 Å². The van der Waals surface area contributed by atoms with Crippen molar-refractivity contribution in [3.63, 3.8) is 0 Å². The highest BCUT2D eigenvalue weighted by Gasteiger charge is 2.04. The van der Waals surface area contributed by atoms with E-state index >= 15 is 0 Å². The summed E-state index contributed by atoms with van der Waals surface area (Å²) >= 11 is 0. The predicted molar refractivity (Wildman–Crippen MR) is 86.0 cm³/mol. The third-order valence-corrected chi connectivity index (χ3v) is 2.92. The van der Waals surface area contributed by atoms with Crippen molar-refractivity contribution in [3.05, 3.63) is 24.3 Å². The fraction of sp³-hybridized carbons (Fsp3) is 0.588. The van der Waals surface area contributed by atoms with Gasteiger partial charge in [0.15, 0.2) is 6.61 Å². The van der Waals surface area contributed by atoms with Gasteiger partial charge in [-0.2, -0.15) is 0 Å². The van der Waals surface area contributed by atoms with Gasteiger partial charge in [-0.15, -0.1) is 0 Å². The van der Waals surface area contributed by atoms with Crippen molar-refractivity contribution in [1.29, 1.82) is 0 Å². The lowest BCUT2D eigenvalue weighted by Gasteiger charge is -2.08. The molecule has 0 amide bonds. The Kier molecular flexibility index (Phi) is 10.7. The number of rotatable bonds is 13. The lowest BCUT2D eigenvalue weighted by Crippen LogP contribution is -2.18. The molecule has 0 saturated carbocycles. The summed E-state index contributed by atoms with van der Waals surface area (Å²) in [6.45, 7) is 4.37. The molecule has 0 aliphatic carbocycles. The molecule has 0 radical (unpaired) electrons. The Hall–Kier alpha value is -1.79. The fourth-order valence-electron chi connectivity index (χ4n) is 1.64. The van der Waals surface area contributed by atoms with E-state index in [1.54, 1.807) is 31.4 Å². The number of esters is 1. The molecule has 0 atom stereocenters. The first-order chi connectivity index (χ1) is 11.3. The fourth-order valence-corrected chi connectivity index (χ4v) is 1.64. The molecule has 23 heavy (non-hydrogen) atoms. The molecular weight excluding hydrogens is 300 g/mol. The predicted octanol–water partition coefficient (Wildman–Crippen LogP) is 2.45. The zero-order chi connectivity index (χ0) is 16.8. The second kappa shape index (κ2) is 12.7. The van der Waals surface area contributed by atoms with Crippen LogP contribution in [0, 0.1) is 0 Å². The Labute approximate surface area is 137 Å². The first kappa shape index (κ1) is 19.3. The van der Waals surface area contributed by atoms with E-state index in [0.717, 1.165) is 25.2 Å². The molecule has 6 nitrogen and oxygen atoms in total. The summed E-state index contributed by atoms with van der Waals surface area (Å²) in [7, 11) is 1.59. The summed E-state index contributed by atoms with van der Waals surface area (Å²) in [6, 6.07) is 6.98. The Morgan fingerprint density at radius 2 is 1.52 bits per heavy atom. The van der Waals surface area contributed by atoms with E-state index in [2.05, 4.69) is 6.92 Å². The number of ether oxygens (including phenoxy) is 5. The van der Waals surface area contributed by atoms with E-state index < -0.39 is 5.97 Å². The van der Waals surface area contributed by atoms with Gasteiger partial charge in [0.25, 0.3) is 0 Å². The molecule has 0 fully saturated rings. The monoisotopic (exact) mass is 326 g/mol. The first-order valence-electron chi connectivity index (χ1n) is 7.84. The number of carbonyl (C=O) groups excluding carboxylic acids is 1. The Balaban J connectivity index is 1.97. The smallest absolute Gasteiger partial charge is 0.344 e. The van der Waals surface area contributed by atoms with Gasteiger partial charge >= 0.3 is 5.97 Å². The summed E-state index contributed by atoms with van der Waals surface area (Å²) in [5.41, 5.74) is 0. The van der Waals surface area contributed by atoms with Gasteiger partial charge in [0.05, 0.1) is 26.9 Å². The third-order valence-electron chi connectivity index (χ3n) is 2.92. The molecular formula is C17H26O6. The number of carbonyl (C=O) groups is 1. The van der Waals surface area contributed by atoms with Gasteiger partial charge in [0, 0.05) is 6.61 Å². The minimum absolute atomic E-state index is 0.132. The largest absolute Gasteiger partial charge is 0.497 e. The molecule has 1 aromatic rings. The quantitative estimate of drug-likeness (QED) is 0.410. The zero-order valence-corrected chi connectivity index (χ0v) is 13.9. The van der Waals surface area contributed by atoms with Gasteiger partial charge in [-0.3, -0.25) is 0 Å². The van der Waals surface area contributed by atoms with Crippen LogP contribution in [0.2, 0.25) is 0 Å². The molecule has 0 aliphatic heterocycles. The van der Waals surface area contributed by atoms with E-state index in [0.29, 0.717) is 25.6 Å². The normalized spacial score (nSPS) is 10.3. The molecule has 1 aromatic carbocycles. The maximum absolute atomic E-state index is 11.5. The van der Waals surface area contributed by atoms with E-state index in [1.165, 1.54) is 0 Å². The topological polar surface area (TPSA) is 63.2 Å². The second-order valence-electron chi connectivity index (χ2n) is 4.76. The number of hydrogen-bond acceptors (Lipinski definition) is 6. The molecule has 0 aliphatic rings. The highest BCUT2D eigenvalue weighted by molar-refractivity contribution is 5.71. The van der Waals surface area contributed by atoms with Gasteiger partial charge in [0.2, 0.25) is 0 Å². The molecule has 0 bridgehead atoms. The highest BCUT2D eigenvalue weighted by Crippen LogP contribution is 2.16. The lowest BCUT2D eigenvalue weighted by molar-refractivity contribution is -0.147. The van der Waals surface area contributed by atoms with Gasteiger partial charge < -0.3 is 23.7 Å². The molecule has 1 rings (SSSR count). The minimum Gasteiger partial charge on any atom is -0.497 e. The summed E-state index contributed by atoms with van der Waals surface area (Å²) in [6.07, 6.45) is 2.18. The Bertz CT molecular complexity index is 418. The third kappa shape index (κ3) is 9.76. The summed E-state index contributed by atoms with van der Waals surface area (Å²) in [5, 5.41) is 0. The zero-order valence-electron chi connectivity index (χ0n) is 13.9. The van der Waals surface area contributed by atoms with E-state index in [-0.39, 0.29) is 13.2 Å². The molecule has 0 aromatic heterocycles. The Morgan fingerprint density at radius 3 is 2.17 bits per heavy atom. The molecule has 0 N–H and O–H groups in total. The lowest BCUT2D eigenvalue weighted by atomic mass is 10.3. The maximum atomic E-state index is 11.5. The number of unbranched alkanes of at least 4 members (excludes halogenated alkanes) is 1. The van der Waals surface area contributed by atoms with Crippen LogP contribution in [0.4, 0.5) is 0 Å². The molecule has 6 heteroatoms. The van der Waals surface area contributed by atoms with Crippen LogP contribution in [0.15, 0.2) is 24.3 Å². The number of methoxy groups -OCH3 is 1. The first-order valence-corrected chi connectivity index (χ1v) is 7.84. The average Bonchev–Trinajstić information content (AvgIpc) is 2.59. The molecule has 0 spiro atoms. The van der Waals surface area contributed by atoms with E-state index in [9.17, 15) is 4.79 Å². The second-order valence-corrected chi connectivity index (χ2v) is 4.76. The summed E-state index contributed by atoms with van der Waals surface area (Å²) in [5.74, 6) is 0.891. The summed E-state index contributed by atoms with van der Waals surface area (Å²) in [4.78, 5) is 11.5. The molecule has 0 heterocycles. The molecule has 0 saturated heterocycles. The SMILES string of the molecule is CCCCOCCOCCOC(=O)COc1ccc(OC)cc1. The minimum atomic E-state index is -0.427. The van der Waals surface area contributed by atoms with Crippen LogP contribution in [0.5, 0.6) is 11.5 Å². The number of benzene rings is 1. The van der Waals surface area contributed by atoms with Gasteiger partial charge in [-0.25, -0.2) is 4.79 Å². The van der Waals surface area contributed by atoms with Crippen LogP contribution >= 0.6 is 0 Å². The van der Waals surface area contributed by atoms with Crippen molar-refractivity contribution in [2.45, 2.75) is 19.8 Å². The van der Waals surface area contributed by atoms with Crippen molar-refractivity contribution >= 4 is 5.97 Å². The van der Waals surface area contributed by atoms with E-state index in [1.807, 2.05) is 0 Å². The van der Waals surface area contributed by atoms with Crippen LogP contribution in [-0.2, 0) is 19.0 Å². The van der Waals surface area contributed by atoms with Gasteiger partial charge in [-0.05, 0) is 30.7 Å². The summed E-state index contributed by atoms with van der Waals surface area (Å²) < 4.78 is 26.0.